The lowest BCUT2D eigenvalue weighted by molar-refractivity contribution is -0.126. The second-order valence-electron chi connectivity index (χ2n) is 7.03. The molecule has 2 aromatic carbocycles. The molecule has 1 N–H and O–H groups in total. The zero-order valence-corrected chi connectivity index (χ0v) is 18.5. The number of ether oxygens (including phenoxy) is 2. The number of benzene rings is 2. The predicted octanol–water partition coefficient (Wildman–Crippen LogP) is 3.07. The first-order valence-electron chi connectivity index (χ1n) is 9.60. The molecular weight excluding hydrogens is 428 g/mol. The molecule has 0 aromatic heterocycles. The Kier molecular flexibility index (Phi) is 7.23. The molecule has 1 saturated heterocycles. The highest BCUT2D eigenvalue weighted by molar-refractivity contribution is 7.89. The van der Waals surface area contributed by atoms with Gasteiger partial charge in [-0.05, 0) is 36.6 Å². The summed E-state index contributed by atoms with van der Waals surface area (Å²) in [5.41, 5.74) is 0.818. The van der Waals surface area contributed by atoms with Crippen LogP contribution >= 0.6 is 11.6 Å². The summed E-state index contributed by atoms with van der Waals surface area (Å²) >= 11 is 6.13. The molecule has 162 valence electrons. The summed E-state index contributed by atoms with van der Waals surface area (Å²) in [6.07, 6.45) is 1.24. The van der Waals surface area contributed by atoms with Crippen molar-refractivity contribution in [2.45, 2.75) is 24.3 Å². The van der Waals surface area contributed by atoms with Gasteiger partial charge in [0.1, 0.15) is 0 Å². The van der Waals surface area contributed by atoms with Gasteiger partial charge in [-0.3, -0.25) is 4.79 Å². The van der Waals surface area contributed by atoms with E-state index in [2.05, 4.69) is 5.32 Å². The zero-order chi connectivity index (χ0) is 21.7. The molecule has 0 aliphatic carbocycles. The van der Waals surface area contributed by atoms with Crippen molar-refractivity contribution in [2.24, 2.45) is 5.92 Å². The minimum absolute atomic E-state index is 0.109. The van der Waals surface area contributed by atoms with E-state index in [4.69, 9.17) is 21.1 Å². The van der Waals surface area contributed by atoms with Gasteiger partial charge in [0, 0.05) is 30.7 Å². The SMILES string of the molecule is COc1ccc(S(=O)(=O)N2CCC[C@@H](C(=O)NCc3ccccc3Cl)C2)cc1OC. The molecule has 7 nitrogen and oxygen atoms in total. The first-order valence-corrected chi connectivity index (χ1v) is 11.4. The van der Waals surface area contributed by atoms with Gasteiger partial charge in [0.25, 0.3) is 0 Å². The Morgan fingerprint density at radius 1 is 1.17 bits per heavy atom. The lowest BCUT2D eigenvalue weighted by Gasteiger charge is -2.31. The summed E-state index contributed by atoms with van der Waals surface area (Å²) in [7, 11) is -0.822. The highest BCUT2D eigenvalue weighted by atomic mass is 35.5. The third-order valence-electron chi connectivity index (χ3n) is 5.16. The van der Waals surface area contributed by atoms with E-state index in [1.165, 1.54) is 30.7 Å². The monoisotopic (exact) mass is 452 g/mol. The Morgan fingerprint density at radius 2 is 1.90 bits per heavy atom. The molecule has 0 radical (unpaired) electrons. The largest absolute Gasteiger partial charge is 0.493 e. The molecule has 0 spiro atoms. The van der Waals surface area contributed by atoms with Crippen LogP contribution in [-0.2, 0) is 21.4 Å². The fourth-order valence-electron chi connectivity index (χ4n) is 3.47. The van der Waals surface area contributed by atoms with Crippen LogP contribution in [0.15, 0.2) is 47.4 Å². The summed E-state index contributed by atoms with van der Waals surface area (Å²) in [6.45, 7) is 0.799. The third-order valence-corrected chi connectivity index (χ3v) is 7.39. The molecule has 3 rings (SSSR count). The van der Waals surface area contributed by atoms with Gasteiger partial charge in [0.15, 0.2) is 11.5 Å². The fraction of sp³-hybridized carbons (Fsp3) is 0.381. The van der Waals surface area contributed by atoms with E-state index in [0.29, 0.717) is 42.5 Å². The van der Waals surface area contributed by atoms with Gasteiger partial charge < -0.3 is 14.8 Å². The number of halogens is 1. The van der Waals surface area contributed by atoms with Crippen molar-refractivity contribution in [2.75, 3.05) is 27.3 Å². The molecule has 1 amide bonds. The Bertz CT molecular complexity index is 1010. The molecule has 1 aliphatic rings. The molecule has 30 heavy (non-hydrogen) atoms. The van der Waals surface area contributed by atoms with Gasteiger partial charge >= 0.3 is 0 Å². The van der Waals surface area contributed by atoms with E-state index < -0.39 is 15.9 Å². The smallest absolute Gasteiger partial charge is 0.243 e. The van der Waals surface area contributed by atoms with Crippen LogP contribution in [0.3, 0.4) is 0 Å². The van der Waals surface area contributed by atoms with Crippen molar-refractivity contribution >= 4 is 27.5 Å². The number of rotatable bonds is 7. The van der Waals surface area contributed by atoms with Crippen molar-refractivity contribution in [3.8, 4) is 11.5 Å². The maximum atomic E-state index is 13.1. The second-order valence-corrected chi connectivity index (χ2v) is 9.37. The average molecular weight is 453 g/mol. The molecular formula is C21H25ClN2O5S. The number of carbonyl (C=O) groups excluding carboxylic acids is 1. The standard InChI is InChI=1S/C21H25ClN2O5S/c1-28-19-10-9-17(12-20(19)29-2)30(26,27)24-11-5-7-16(14-24)21(25)23-13-15-6-3-4-8-18(15)22/h3-4,6,8-10,12,16H,5,7,11,13-14H2,1-2H3,(H,23,25)/t16-/m1/s1. The quantitative estimate of drug-likeness (QED) is 0.697. The van der Waals surface area contributed by atoms with Gasteiger partial charge in [0.05, 0.1) is 25.0 Å². The average Bonchev–Trinajstić information content (AvgIpc) is 2.77. The summed E-state index contributed by atoms with van der Waals surface area (Å²) in [4.78, 5) is 12.8. The number of hydrogen-bond acceptors (Lipinski definition) is 5. The lowest BCUT2D eigenvalue weighted by atomic mass is 9.99. The van der Waals surface area contributed by atoms with Gasteiger partial charge in [-0.2, -0.15) is 4.31 Å². The molecule has 0 unspecified atom stereocenters. The zero-order valence-electron chi connectivity index (χ0n) is 16.9. The Labute approximate surface area is 182 Å². The summed E-state index contributed by atoms with van der Waals surface area (Å²) in [5, 5.41) is 3.46. The highest BCUT2D eigenvalue weighted by Crippen LogP contribution is 2.32. The maximum Gasteiger partial charge on any atom is 0.243 e. The Hall–Kier alpha value is -2.29. The van der Waals surface area contributed by atoms with Crippen LogP contribution in [0.4, 0.5) is 0 Å². The number of nitrogens with zero attached hydrogens (tertiary/aromatic N) is 1. The van der Waals surface area contributed by atoms with Crippen LogP contribution in [0.5, 0.6) is 11.5 Å². The highest BCUT2D eigenvalue weighted by Gasteiger charge is 2.33. The Balaban J connectivity index is 1.70. The van der Waals surface area contributed by atoms with E-state index in [-0.39, 0.29) is 17.3 Å². The summed E-state index contributed by atoms with van der Waals surface area (Å²) in [6, 6.07) is 11.8. The predicted molar refractivity (Wildman–Crippen MR) is 114 cm³/mol. The number of amides is 1. The van der Waals surface area contributed by atoms with Crippen molar-refractivity contribution in [1.82, 2.24) is 9.62 Å². The Morgan fingerprint density at radius 3 is 2.60 bits per heavy atom. The third kappa shape index (κ3) is 4.88. The minimum atomic E-state index is -3.76. The van der Waals surface area contributed by atoms with Gasteiger partial charge in [-0.25, -0.2) is 8.42 Å². The van der Waals surface area contributed by atoms with E-state index in [0.717, 1.165) is 5.56 Å². The van der Waals surface area contributed by atoms with Gasteiger partial charge in [0.2, 0.25) is 15.9 Å². The molecule has 1 atom stereocenters. The van der Waals surface area contributed by atoms with E-state index >= 15 is 0 Å². The molecule has 0 bridgehead atoms. The molecule has 0 saturated carbocycles. The number of methoxy groups -OCH3 is 2. The van der Waals surface area contributed by atoms with Crippen LogP contribution in [0.2, 0.25) is 5.02 Å². The lowest BCUT2D eigenvalue weighted by Crippen LogP contribution is -2.45. The molecule has 9 heteroatoms. The van der Waals surface area contributed by atoms with Crippen LogP contribution in [0.25, 0.3) is 0 Å². The fourth-order valence-corrected chi connectivity index (χ4v) is 5.21. The van der Waals surface area contributed by atoms with Gasteiger partial charge in [-0.15, -0.1) is 0 Å². The van der Waals surface area contributed by atoms with Crippen molar-refractivity contribution in [3.63, 3.8) is 0 Å². The first-order chi connectivity index (χ1) is 14.4. The van der Waals surface area contributed by atoms with Crippen molar-refractivity contribution < 1.29 is 22.7 Å². The normalized spacial score (nSPS) is 17.4. The molecule has 2 aromatic rings. The van der Waals surface area contributed by atoms with Crippen molar-refractivity contribution in [3.05, 3.63) is 53.1 Å². The molecule has 1 fully saturated rings. The number of hydrogen-bond donors (Lipinski definition) is 1. The second kappa shape index (κ2) is 9.68. The summed E-state index contributed by atoms with van der Waals surface area (Å²) in [5.74, 6) is 0.190. The van der Waals surface area contributed by atoms with Crippen LogP contribution in [0.1, 0.15) is 18.4 Å². The number of piperidine rings is 1. The molecule has 1 aliphatic heterocycles. The maximum absolute atomic E-state index is 13.1. The van der Waals surface area contributed by atoms with Crippen LogP contribution in [-0.4, -0.2) is 45.9 Å². The van der Waals surface area contributed by atoms with E-state index in [9.17, 15) is 13.2 Å². The number of sulfonamides is 1. The first kappa shape index (κ1) is 22.4. The van der Waals surface area contributed by atoms with Crippen LogP contribution in [0, 0.1) is 5.92 Å². The number of nitrogens with one attached hydrogen (secondary N) is 1. The van der Waals surface area contributed by atoms with E-state index in [1.54, 1.807) is 12.1 Å². The molecule has 1 heterocycles. The van der Waals surface area contributed by atoms with Gasteiger partial charge in [-0.1, -0.05) is 29.8 Å². The van der Waals surface area contributed by atoms with E-state index in [1.807, 2.05) is 18.2 Å². The van der Waals surface area contributed by atoms with Crippen LogP contribution < -0.4 is 14.8 Å². The van der Waals surface area contributed by atoms with Crippen molar-refractivity contribution in [1.29, 1.82) is 0 Å². The topological polar surface area (TPSA) is 84.9 Å². The number of carbonyl (C=O) groups is 1. The minimum Gasteiger partial charge on any atom is -0.493 e. The summed E-state index contributed by atoms with van der Waals surface area (Å²) < 4.78 is 38.0.